The van der Waals surface area contributed by atoms with Crippen molar-refractivity contribution in [1.82, 2.24) is 5.32 Å². The number of sulfonamides is 1. The minimum absolute atomic E-state index is 0.0753. The van der Waals surface area contributed by atoms with E-state index in [4.69, 9.17) is 5.14 Å². The first-order chi connectivity index (χ1) is 8.45. The topological polar surface area (TPSA) is 101 Å². The molecule has 0 spiro atoms. The van der Waals surface area contributed by atoms with Gasteiger partial charge in [-0.25, -0.2) is 13.6 Å². The van der Waals surface area contributed by atoms with Crippen LogP contribution in [-0.4, -0.2) is 26.9 Å². The number of hydrogen-bond donors (Lipinski definition) is 3. The predicted molar refractivity (Wildman–Crippen MR) is 67.5 cm³/mol. The standard InChI is InChI=1S/C11H15N3O3S/c12-18(16,17)10-4-1-8(2-5-10)13-7-9-3-6-11(15)14-9/h1-2,4-5,9,13H,3,6-7H2,(H,14,15)(H2,12,16,17). The molecule has 1 aliphatic heterocycles. The molecule has 1 aromatic rings. The van der Waals surface area contributed by atoms with Gasteiger partial charge in [0.25, 0.3) is 0 Å². The van der Waals surface area contributed by atoms with E-state index in [0.717, 1.165) is 12.1 Å². The van der Waals surface area contributed by atoms with Crippen LogP contribution in [0.15, 0.2) is 29.2 Å². The second-order valence-electron chi connectivity index (χ2n) is 4.25. The van der Waals surface area contributed by atoms with E-state index in [-0.39, 0.29) is 16.8 Å². The number of nitrogens with two attached hydrogens (primary N) is 1. The van der Waals surface area contributed by atoms with Crippen LogP contribution >= 0.6 is 0 Å². The number of primary sulfonamides is 1. The van der Waals surface area contributed by atoms with Gasteiger partial charge in [-0.1, -0.05) is 0 Å². The van der Waals surface area contributed by atoms with Crippen molar-refractivity contribution in [3.63, 3.8) is 0 Å². The van der Waals surface area contributed by atoms with E-state index in [2.05, 4.69) is 10.6 Å². The van der Waals surface area contributed by atoms with Crippen molar-refractivity contribution in [3.8, 4) is 0 Å². The summed E-state index contributed by atoms with van der Waals surface area (Å²) in [6.07, 6.45) is 1.39. The SMILES string of the molecule is NS(=O)(=O)c1ccc(NCC2CCC(=O)N2)cc1. The summed E-state index contributed by atoms with van der Waals surface area (Å²) < 4.78 is 22.1. The van der Waals surface area contributed by atoms with E-state index in [1.165, 1.54) is 12.1 Å². The predicted octanol–water partition coefficient (Wildman–Crippen LogP) is 0.0245. The van der Waals surface area contributed by atoms with E-state index < -0.39 is 10.0 Å². The van der Waals surface area contributed by atoms with Gasteiger partial charge in [-0.2, -0.15) is 0 Å². The molecule has 0 radical (unpaired) electrons. The van der Waals surface area contributed by atoms with Gasteiger partial charge in [0, 0.05) is 24.7 Å². The van der Waals surface area contributed by atoms with Gasteiger partial charge >= 0.3 is 0 Å². The molecule has 1 unspecified atom stereocenters. The summed E-state index contributed by atoms with van der Waals surface area (Å²) in [6.45, 7) is 0.625. The van der Waals surface area contributed by atoms with Gasteiger partial charge in [0.2, 0.25) is 15.9 Å². The van der Waals surface area contributed by atoms with E-state index in [1.54, 1.807) is 12.1 Å². The highest BCUT2D eigenvalue weighted by atomic mass is 32.2. The molecule has 2 rings (SSSR count). The highest BCUT2D eigenvalue weighted by molar-refractivity contribution is 7.89. The molecule has 18 heavy (non-hydrogen) atoms. The molecule has 1 fully saturated rings. The monoisotopic (exact) mass is 269 g/mol. The summed E-state index contributed by atoms with van der Waals surface area (Å²) in [6, 6.07) is 6.33. The molecule has 1 amide bonds. The number of anilines is 1. The van der Waals surface area contributed by atoms with Crippen molar-refractivity contribution in [2.24, 2.45) is 5.14 Å². The van der Waals surface area contributed by atoms with Crippen LogP contribution in [0.2, 0.25) is 0 Å². The first kappa shape index (κ1) is 12.8. The summed E-state index contributed by atoms with van der Waals surface area (Å²) in [5.41, 5.74) is 0.795. The van der Waals surface area contributed by atoms with Crippen LogP contribution in [0.5, 0.6) is 0 Å². The molecule has 1 atom stereocenters. The lowest BCUT2D eigenvalue weighted by Crippen LogP contribution is -2.31. The normalized spacial score (nSPS) is 19.6. The fraction of sp³-hybridized carbons (Fsp3) is 0.364. The molecule has 0 aromatic heterocycles. The summed E-state index contributed by atoms with van der Waals surface area (Å²) in [5.74, 6) is 0.0753. The lowest BCUT2D eigenvalue weighted by Gasteiger charge is -2.12. The molecular formula is C11H15N3O3S. The molecule has 6 nitrogen and oxygen atoms in total. The smallest absolute Gasteiger partial charge is 0.238 e. The van der Waals surface area contributed by atoms with E-state index >= 15 is 0 Å². The second-order valence-corrected chi connectivity index (χ2v) is 5.81. The van der Waals surface area contributed by atoms with Crippen molar-refractivity contribution in [1.29, 1.82) is 0 Å². The molecule has 1 saturated heterocycles. The van der Waals surface area contributed by atoms with E-state index in [1.807, 2.05) is 0 Å². The molecule has 1 heterocycles. The molecular weight excluding hydrogens is 254 g/mol. The summed E-state index contributed by atoms with van der Waals surface area (Å²) in [4.78, 5) is 11.1. The number of rotatable bonds is 4. The summed E-state index contributed by atoms with van der Waals surface area (Å²) in [5, 5.41) is 11.0. The number of nitrogens with one attached hydrogen (secondary N) is 2. The van der Waals surface area contributed by atoms with Crippen molar-refractivity contribution in [3.05, 3.63) is 24.3 Å². The lowest BCUT2D eigenvalue weighted by atomic mass is 10.2. The number of hydrogen-bond acceptors (Lipinski definition) is 4. The summed E-state index contributed by atoms with van der Waals surface area (Å²) >= 11 is 0. The van der Waals surface area contributed by atoms with E-state index in [0.29, 0.717) is 13.0 Å². The second kappa shape index (κ2) is 4.95. The fourth-order valence-corrected chi connectivity index (χ4v) is 2.35. The Hall–Kier alpha value is -1.60. The quantitative estimate of drug-likeness (QED) is 0.717. The summed E-state index contributed by atoms with van der Waals surface area (Å²) in [7, 11) is -3.64. The van der Waals surface area contributed by atoms with Crippen LogP contribution in [0.25, 0.3) is 0 Å². The Morgan fingerprint density at radius 3 is 2.50 bits per heavy atom. The Morgan fingerprint density at radius 1 is 1.33 bits per heavy atom. The minimum atomic E-state index is -3.64. The fourth-order valence-electron chi connectivity index (χ4n) is 1.83. The van der Waals surface area contributed by atoms with Crippen molar-refractivity contribution >= 4 is 21.6 Å². The highest BCUT2D eigenvalue weighted by Gasteiger charge is 2.20. The van der Waals surface area contributed by atoms with Gasteiger partial charge in [-0.3, -0.25) is 4.79 Å². The third-order valence-electron chi connectivity index (χ3n) is 2.82. The Balaban J connectivity index is 1.93. The van der Waals surface area contributed by atoms with Gasteiger partial charge in [-0.15, -0.1) is 0 Å². The molecule has 0 bridgehead atoms. The maximum Gasteiger partial charge on any atom is 0.238 e. The first-order valence-corrected chi connectivity index (χ1v) is 7.16. The lowest BCUT2D eigenvalue weighted by molar-refractivity contribution is -0.119. The molecule has 0 saturated carbocycles. The van der Waals surface area contributed by atoms with Crippen LogP contribution < -0.4 is 15.8 Å². The zero-order chi connectivity index (χ0) is 13.2. The zero-order valence-electron chi connectivity index (χ0n) is 9.72. The van der Waals surface area contributed by atoms with Gasteiger partial charge in [0.15, 0.2) is 0 Å². The average molecular weight is 269 g/mol. The Bertz CT molecular complexity index is 539. The molecule has 1 aliphatic rings. The van der Waals surface area contributed by atoms with Crippen LogP contribution in [0, 0.1) is 0 Å². The van der Waals surface area contributed by atoms with Gasteiger partial charge in [0.05, 0.1) is 4.90 Å². The first-order valence-electron chi connectivity index (χ1n) is 5.61. The maximum atomic E-state index is 11.1. The molecule has 7 heteroatoms. The molecule has 0 aliphatic carbocycles. The van der Waals surface area contributed by atoms with Crippen LogP contribution in [0.4, 0.5) is 5.69 Å². The van der Waals surface area contributed by atoms with Crippen LogP contribution in [0.1, 0.15) is 12.8 Å². The molecule has 4 N–H and O–H groups in total. The highest BCUT2D eigenvalue weighted by Crippen LogP contribution is 2.14. The van der Waals surface area contributed by atoms with Crippen LogP contribution in [0.3, 0.4) is 0 Å². The minimum Gasteiger partial charge on any atom is -0.383 e. The van der Waals surface area contributed by atoms with Crippen molar-refractivity contribution < 1.29 is 13.2 Å². The van der Waals surface area contributed by atoms with Gasteiger partial charge < -0.3 is 10.6 Å². The number of carbonyl (C=O) groups excluding carboxylic acids is 1. The van der Waals surface area contributed by atoms with Crippen molar-refractivity contribution in [2.75, 3.05) is 11.9 Å². The van der Waals surface area contributed by atoms with Crippen LogP contribution in [-0.2, 0) is 14.8 Å². The maximum absolute atomic E-state index is 11.1. The Kier molecular flexibility index (Phi) is 3.53. The molecule has 1 aromatic carbocycles. The largest absolute Gasteiger partial charge is 0.383 e. The zero-order valence-corrected chi connectivity index (χ0v) is 10.5. The third kappa shape index (κ3) is 3.21. The number of benzene rings is 1. The van der Waals surface area contributed by atoms with Gasteiger partial charge in [0.1, 0.15) is 0 Å². The Morgan fingerprint density at radius 2 is 2.00 bits per heavy atom. The third-order valence-corrected chi connectivity index (χ3v) is 3.75. The number of carbonyl (C=O) groups is 1. The van der Waals surface area contributed by atoms with E-state index in [9.17, 15) is 13.2 Å². The number of amides is 1. The average Bonchev–Trinajstić information content (AvgIpc) is 2.72. The van der Waals surface area contributed by atoms with Gasteiger partial charge in [-0.05, 0) is 30.7 Å². The van der Waals surface area contributed by atoms with Crippen molar-refractivity contribution in [2.45, 2.75) is 23.8 Å². The molecule has 98 valence electrons. The Labute approximate surface area is 106 Å².